The van der Waals surface area contributed by atoms with Crippen LogP contribution in [0.2, 0.25) is 0 Å². The lowest BCUT2D eigenvalue weighted by Crippen LogP contribution is -2.01. The predicted octanol–water partition coefficient (Wildman–Crippen LogP) is 7.22. The lowest BCUT2D eigenvalue weighted by atomic mass is 10.1. The molecule has 0 aliphatic rings. The van der Waals surface area contributed by atoms with Gasteiger partial charge in [0, 0.05) is 6.08 Å². The van der Waals surface area contributed by atoms with Crippen LogP contribution in [0, 0.1) is 0 Å². The maximum absolute atomic E-state index is 11.9. The van der Waals surface area contributed by atoms with Crippen molar-refractivity contribution in [3.63, 3.8) is 0 Å². The second-order valence-electron chi connectivity index (χ2n) is 11.1. The van der Waals surface area contributed by atoms with Gasteiger partial charge in [-0.2, -0.15) is 0 Å². The number of carbonyl (C=O) groups excluding carboxylic acids is 3. The molecular weight excluding hydrogens is 696 g/mol. The molecule has 4 rings (SSSR count). The van der Waals surface area contributed by atoms with E-state index in [0.717, 1.165) is 6.08 Å². The van der Waals surface area contributed by atoms with Gasteiger partial charge in [0.25, 0.3) is 0 Å². The van der Waals surface area contributed by atoms with Gasteiger partial charge in [0.2, 0.25) is 0 Å². The number of methoxy groups -OCH3 is 4. The molecule has 0 bridgehead atoms. The molecule has 0 spiro atoms. The number of hydrogen-bond donors (Lipinski definition) is 5. The van der Waals surface area contributed by atoms with Crippen LogP contribution < -0.4 is 18.9 Å². The summed E-state index contributed by atoms with van der Waals surface area (Å²) in [5.74, 6) is -0.0816. The van der Waals surface area contributed by atoms with Gasteiger partial charge in [-0.3, -0.25) is 14.4 Å². The first-order valence-electron chi connectivity index (χ1n) is 16.1. The van der Waals surface area contributed by atoms with E-state index in [2.05, 4.69) is 0 Å². The first kappa shape index (κ1) is 41.2. The summed E-state index contributed by atoms with van der Waals surface area (Å²) in [6.45, 7) is 0. The Morgan fingerprint density at radius 2 is 0.778 bits per heavy atom. The van der Waals surface area contributed by atoms with E-state index < -0.39 is 5.78 Å². The molecule has 0 heterocycles. The number of aromatic hydroxyl groups is 4. The number of ketones is 3. The summed E-state index contributed by atoms with van der Waals surface area (Å²) < 4.78 is 20.0. The zero-order valence-electron chi connectivity index (χ0n) is 29.9. The highest BCUT2D eigenvalue weighted by molar-refractivity contribution is 6.11. The van der Waals surface area contributed by atoms with E-state index >= 15 is 0 Å². The lowest BCUT2D eigenvalue weighted by molar-refractivity contribution is -0.122. The maximum atomic E-state index is 11.9. The Labute approximate surface area is 312 Å². The topological polar surface area (TPSA) is 189 Å². The fraction of sp³-hybridized carbons (Fsp3) is 0.119. The fourth-order valence-electron chi connectivity index (χ4n) is 4.46. The van der Waals surface area contributed by atoms with E-state index in [-0.39, 0.29) is 46.7 Å². The molecule has 5 N–H and O–H groups in total. The molecular formula is C42H40O12. The third kappa shape index (κ3) is 13.2. The molecule has 0 aliphatic heterocycles. The number of hydrogen-bond acceptors (Lipinski definition) is 12. The van der Waals surface area contributed by atoms with E-state index in [1.807, 2.05) is 0 Å². The summed E-state index contributed by atoms with van der Waals surface area (Å²) in [4.78, 5) is 35.8. The van der Waals surface area contributed by atoms with Crippen LogP contribution in [-0.4, -0.2) is 71.3 Å². The SMILES string of the molecule is COc1cc(/C=C/C(=O)/C=C(O)/C=C/c2ccc(O)c(OC)c2)ccc1O.COc1cc(C=CC(=O)CC(=O)C=Cc2ccc(O)c(OC)c2)ccc1O. The standard InChI is InChI=1S/2C21H20O6/c2*1-26-20-11-14(5-9-18(20)24)3-7-16(22)13-17(23)8-4-15-6-10-19(25)21(12-15)27-2/h3-12,24-25H,13H2,1-2H3;3-13,22,24-25H,1-2H3/b;7-3+,8-4+,16-13-. The molecule has 12 nitrogen and oxygen atoms in total. The van der Waals surface area contributed by atoms with E-state index in [1.165, 1.54) is 77.0 Å². The molecule has 0 fully saturated rings. The van der Waals surface area contributed by atoms with Crippen LogP contribution in [0.5, 0.6) is 46.0 Å². The van der Waals surface area contributed by atoms with Crippen molar-refractivity contribution in [3.8, 4) is 46.0 Å². The van der Waals surface area contributed by atoms with Crippen molar-refractivity contribution < 1.29 is 58.9 Å². The second kappa shape index (κ2) is 20.6. The predicted molar refractivity (Wildman–Crippen MR) is 205 cm³/mol. The summed E-state index contributed by atoms with van der Waals surface area (Å²) >= 11 is 0. The average Bonchev–Trinajstić information content (AvgIpc) is 3.16. The minimum atomic E-state index is -0.410. The number of rotatable bonds is 15. The molecule has 0 atom stereocenters. The van der Waals surface area contributed by atoms with Gasteiger partial charge in [-0.1, -0.05) is 48.6 Å². The number of allylic oxidation sites excluding steroid dienone is 5. The Morgan fingerprint density at radius 1 is 0.481 bits per heavy atom. The summed E-state index contributed by atoms with van der Waals surface area (Å²) in [6.07, 6.45) is 12.3. The first-order chi connectivity index (χ1) is 25.8. The molecule has 4 aromatic carbocycles. The van der Waals surface area contributed by atoms with Crippen molar-refractivity contribution >= 4 is 41.7 Å². The number of ether oxygens (including phenoxy) is 4. The van der Waals surface area contributed by atoms with Gasteiger partial charge >= 0.3 is 0 Å². The third-order valence-corrected chi connectivity index (χ3v) is 7.26. The highest BCUT2D eigenvalue weighted by atomic mass is 16.5. The number of phenols is 4. The molecule has 54 heavy (non-hydrogen) atoms. The number of aliphatic hydroxyl groups is 1. The van der Waals surface area contributed by atoms with E-state index in [1.54, 1.807) is 72.8 Å². The van der Waals surface area contributed by atoms with Crippen molar-refractivity contribution in [2.45, 2.75) is 6.42 Å². The summed E-state index contributed by atoms with van der Waals surface area (Å²) in [5, 5.41) is 48.0. The van der Waals surface area contributed by atoms with Crippen LogP contribution >= 0.6 is 0 Å². The molecule has 4 aromatic rings. The molecule has 0 saturated carbocycles. The van der Waals surface area contributed by atoms with Crippen LogP contribution in [0.25, 0.3) is 24.3 Å². The molecule has 0 aliphatic carbocycles. The summed E-state index contributed by atoms with van der Waals surface area (Å²) in [7, 11) is 5.74. The summed E-state index contributed by atoms with van der Waals surface area (Å²) in [5.41, 5.74) is 2.68. The van der Waals surface area contributed by atoms with Crippen molar-refractivity contribution in [2.75, 3.05) is 28.4 Å². The molecule has 280 valence electrons. The monoisotopic (exact) mass is 736 g/mol. The number of benzene rings is 4. The zero-order valence-corrected chi connectivity index (χ0v) is 29.9. The third-order valence-electron chi connectivity index (χ3n) is 7.26. The Kier molecular flexibility index (Phi) is 15.7. The molecule has 0 aromatic heterocycles. The van der Waals surface area contributed by atoms with Gasteiger partial charge in [-0.15, -0.1) is 0 Å². The highest BCUT2D eigenvalue weighted by Gasteiger charge is 2.07. The number of aliphatic hydroxyl groups excluding tert-OH is 1. The van der Waals surface area contributed by atoms with Crippen LogP contribution in [0.15, 0.2) is 109 Å². The van der Waals surface area contributed by atoms with Gasteiger partial charge in [0.15, 0.2) is 63.3 Å². The number of carbonyl (C=O) groups is 3. The van der Waals surface area contributed by atoms with Crippen LogP contribution in [0.1, 0.15) is 28.7 Å². The molecule has 0 radical (unpaired) electrons. The van der Waals surface area contributed by atoms with E-state index in [4.69, 9.17) is 18.9 Å². The summed E-state index contributed by atoms with van der Waals surface area (Å²) in [6, 6.07) is 18.7. The molecule has 0 amide bonds. The van der Waals surface area contributed by atoms with E-state index in [0.29, 0.717) is 45.3 Å². The Balaban J connectivity index is 0.000000290. The Hall–Kier alpha value is -7.21. The fourth-order valence-corrected chi connectivity index (χ4v) is 4.46. The van der Waals surface area contributed by atoms with Gasteiger partial charge in [0.05, 0.1) is 34.9 Å². The van der Waals surface area contributed by atoms with Crippen LogP contribution in [0.3, 0.4) is 0 Å². The average molecular weight is 737 g/mol. The van der Waals surface area contributed by atoms with Crippen molar-refractivity contribution in [1.82, 2.24) is 0 Å². The zero-order chi connectivity index (χ0) is 39.6. The van der Waals surface area contributed by atoms with E-state index in [9.17, 15) is 39.9 Å². The quantitative estimate of drug-likeness (QED) is 0.0357. The molecule has 0 saturated heterocycles. The Morgan fingerprint density at radius 3 is 1.09 bits per heavy atom. The minimum Gasteiger partial charge on any atom is -0.508 e. The van der Waals surface area contributed by atoms with Crippen molar-refractivity contribution in [2.24, 2.45) is 0 Å². The molecule has 12 heteroatoms. The highest BCUT2D eigenvalue weighted by Crippen LogP contribution is 2.29. The van der Waals surface area contributed by atoms with Crippen LogP contribution in [-0.2, 0) is 14.4 Å². The van der Waals surface area contributed by atoms with Gasteiger partial charge in [0.1, 0.15) is 5.76 Å². The maximum Gasteiger partial charge on any atom is 0.182 e. The van der Waals surface area contributed by atoms with Crippen LogP contribution in [0.4, 0.5) is 0 Å². The van der Waals surface area contributed by atoms with Gasteiger partial charge in [-0.25, -0.2) is 0 Å². The second-order valence-corrected chi connectivity index (χ2v) is 11.1. The minimum absolute atomic E-state index is 0.00662. The van der Waals surface area contributed by atoms with Crippen molar-refractivity contribution in [3.05, 3.63) is 131 Å². The number of phenolic OH excluding ortho intramolecular Hbond substituents is 4. The smallest absolute Gasteiger partial charge is 0.182 e. The first-order valence-corrected chi connectivity index (χ1v) is 16.1. The lowest BCUT2D eigenvalue weighted by Gasteiger charge is -2.03. The van der Waals surface area contributed by atoms with Crippen molar-refractivity contribution in [1.29, 1.82) is 0 Å². The Bertz CT molecular complexity index is 2030. The molecule has 0 unspecified atom stereocenters. The normalized spacial score (nSPS) is 11.4. The van der Waals surface area contributed by atoms with Gasteiger partial charge < -0.3 is 44.5 Å². The largest absolute Gasteiger partial charge is 0.508 e. The van der Waals surface area contributed by atoms with Gasteiger partial charge in [-0.05, 0) is 95.1 Å².